The minimum atomic E-state index is -0.0513. The monoisotopic (exact) mass is 289 g/mol. The number of carbonyl (C=O) groups is 1. The molecular formula is C11H16BrNO3. The second-order valence-electron chi connectivity index (χ2n) is 3.62. The van der Waals surface area contributed by atoms with Gasteiger partial charge < -0.3 is 14.4 Å². The molecule has 90 valence electrons. The summed E-state index contributed by atoms with van der Waals surface area (Å²) in [7, 11) is 1.76. The fraction of sp³-hybridized carbons (Fsp3) is 0.545. The zero-order chi connectivity index (χ0) is 12.0. The summed E-state index contributed by atoms with van der Waals surface area (Å²) in [5.41, 5.74) is 0.546. The fourth-order valence-corrected chi connectivity index (χ4v) is 1.80. The van der Waals surface area contributed by atoms with Crippen LogP contribution in [0.2, 0.25) is 0 Å². The van der Waals surface area contributed by atoms with E-state index in [1.165, 1.54) is 6.26 Å². The number of unbranched alkanes of at least 4 members (excludes halogenated alkanes) is 2. The Morgan fingerprint density at radius 3 is 2.81 bits per heavy atom. The molecule has 0 unspecified atom stereocenters. The summed E-state index contributed by atoms with van der Waals surface area (Å²) in [4.78, 5) is 13.5. The van der Waals surface area contributed by atoms with Gasteiger partial charge >= 0.3 is 0 Å². The molecule has 16 heavy (non-hydrogen) atoms. The number of halogens is 1. The molecule has 0 saturated carbocycles. The van der Waals surface area contributed by atoms with Gasteiger partial charge in [0.05, 0.1) is 11.8 Å². The number of hydrogen-bond donors (Lipinski definition) is 1. The second-order valence-corrected chi connectivity index (χ2v) is 4.34. The van der Waals surface area contributed by atoms with Gasteiger partial charge in [0, 0.05) is 20.2 Å². The standard InChI is InChI=1S/C11H16BrNO3/c1-13(6-3-2-4-7-14)11(15)9-5-8-16-10(9)12/h5,8,14H,2-4,6-7H2,1H3. The highest BCUT2D eigenvalue weighted by Gasteiger charge is 2.16. The molecule has 0 atom stereocenters. The summed E-state index contributed by atoms with van der Waals surface area (Å²) in [6.45, 7) is 0.904. The molecule has 0 radical (unpaired) electrons. The average molecular weight is 290 g/mol. The van der Waals surface area contributed by atoms with Gasteiger partial charge in [0.2, 0.25) is 0 Å². The molecule has 0 aromatic carbocycles. The SMILES string of the molecule is CN(CCCCCO)C(=O)c1ccoc1Br. The van der Waals surface area contributed by atoms with Crippen LogP contribution >= 0.6 is 15.9 Å². The largest absolute Gasteiger partial charge is 0.457 e. The molecule has 1 amide bonds. The van der Waals surface area contributed by atoms with Crippen LogP contribution in [0.15, 0.2) is 21.4 Å². The smallest absolute Gasteiger partial charge is 0.258 e. The van der Waals surface area contributed by atoms with Crippen LogP contribution in [0.1, 0.15) is 29.6 Å². The number of aliphatic hydroxyl groups is 1. The van der Waals surface area contributed by atoms with E-state index in [1.807, 2.05) is 0 Å². The zero-order valence-corrected chi connectivity index (χ0v) is 10.9. The zero-order valence-electron chi connectivity index (χ0n) is 9.28. The number of amides is 1. The fourth-order valence-electron chi connectivity index (χ4n) is 1.39. The normalized spacial score (nSPS) is 10.4. The van der Waals surface area contributed by atoms with Crippen molar-refractivity contribution in [3.05, 3.63) is 22.6 Å². The van der Waals surface area contributed by atoms with E-state index in [2.05, 4.69) is 15.9 Å². The topological polar surface area (TPSA) is 53.7 Å². The number of carbonyl (C=O) groups excluding carboxylic acids is 1. The van der Waals surface area contributed by atoms with Crippen molar-refractivity contribution in [3.63, 3.8) is 0 Å². The van der Waals surface area contributed by atoms with Crippen LogP contribution in [0.4, 0.5) is 0 Å². The molecule has 0 aliphatic rings. The molecule has 5 heteroatoms. The summed E-state index contributed by atoms with van der Waals surface area (Å²) < 4.78 is 5.49. The van der Waals surface area contributed by atoms with E-state index in [0.717, 1.165) is 19.3 Å². The van der Waals surface area contributed by atoms with E-state index in [0.29, 0.717) is 16.8 Å². The van der Waals surface area contributed by atoms with Crippen LogP contribution in [-0.4, -0.2) is 36.1 Å². The number of aliphatic hydroxyl groups excluding tert-OH is 1. The van der Waals surface area contributed by atoms with Gasteiger partial charge in [-0.1, -0.05) is 0 Å². The van der Waals surface area contributed by atoms with Gasteiger partial charge in [-0.25, -0.2) is 0 Å². The minimum Gasteiger partial charge on any atom is -0.457 e. The lowest BCUT2D eigenvalue weighted by Crippen LogP contribution is -2.27. The third-order valence-corrected chi connectivity index (χ3v) is 2.96. The van der Waals surface area contributed by atoms with Crippen molar-refractivity contribution in [3.8, 4) is 0 Å². The molecule has 4 nitrogen and oxygen atoms in total. The van der Waals surface area contributed by atoms with Crippen LogP contribution in [0, 0.1) is 0 Å². The van der Waals surface area contributed by atoms with Gasteiger partial charge in [-0.05, 0) is 41.3 Å². The van der Waals surface area contributed by atoms with Crippen molar-refractivity contribution in [1.29, 1.82) is 0 Å². The third-order valence-electron chi connectivity index (χ3n) is 2.35. The summed E-state index contributed by atoms with van der Waals surface area (Å²) in [6, 6.07) is 1.65. The molecule has 0 bridgehead atoms. The predicted octanol–water partition coefficient (Wildman–Crippen LogP) is 2.28. The van der Waals surface area contributed by atoms with Crippen molar-refractivity contribution >= 4 is 21.8 Å². The maximum absolute atomic E-state index is 11.9. The van der Waals surface area contributed by atoms with E-state index in [4.69, 9.17) is 9.52 Å². The maximum atomic E-state index is 11.9. The number of rotatable bonds is 6. The number of nitrogens with zero attached hydrogens (tertiary/aromatic N) is 1. The Hall–Kier alpha value is -0.810. The van der Waals surface area contributed by atoms with E-state index in [1.54, 1.807) is 18.0 Å². The van der Waals surface area contributed by atoms with Crippen LogP contribution in [0.3, 0.4) is 0 Å². The first-order chi connectivity index (χ1) is 7.66. The lowest BCUT2D eigenvalue weighted by atomic mass is 10.2. The molecule has 1 N–H and O–H groups in total. The van der Waals surface area contributed by atoms with E-state index < -0.39 is 0 Å². The van der Waals surface area contributed by atoms with Crippen molar-refractivity contribution in [2.24, 2.45) is 0 Å². The first-order valence-corrected chi connectivity index (χ1v) is 6.05. The molecule has 1 aromatic heterocycles. The first-order valence-electron chi connectivity index (χ1n) is 5.26. The number of furan rings is 1. The molecule has 1 rings (SSSR count). The average Bonchev–Trinajstić information content (AvgIpc) is 2.69. The molecule has 1 heterocycles. The van der Waals surface area contributed by atoms with Crippen LogP contribution in [0.5, 0.6) is 0 Å². The van der Waals surface area contributed by atoms with Gasteiger partial charge in [0.15, 0.2) is 4.67 Å². The van der Waals surface area contributed by atoms with Crippen LogP contribution < -0.4 is 0 Å². The molecule has 0 spiro atoms. The summed E-state index contributed by atoms with van der Waals surface area (Å²) in [5.74, 6) is -0.0513. The van der Waals surface area contributed by atoms with E-state index in [-0.39, 0.29) is 12.5 Å². The Kier molecular flexibility index (Phi) is 5.55. The lowest BCUT2D eigenvalue weighted by Gasteiger charge is -2.16. The van der Waals surface area contributed by atoms with Gasteiger partial charge in [0.25, 0.3) is 5.91 Å². The molecular weight excluding hydrogens is 274 g/mol. The van der Waals surface area contributed by atoms with Gasteiger partial charge in [-0.3, -0.25) is 4.79 Å². The molecule has 0 saturated heterocycles. The van der Waals surface area contributed by atoms with Gasteiger partial charge in [-0.2, -0.15) is 0 Å². The third kappa shape index (κ3) is 3.64. The van der Waals surface area contributed by atoms with Crippen LogP contribution in [0.25, 0.3) is 0 Å². The van der Waals surface area contributed by atoms with Crippen molar-refractivity contribution in [2.45, 2.75) is 19.3 Å². The van der Waals surface area contributed by atoms with Crippen LogP contribution in [-0.2, 0) is 0 Å². The van der Waals surface area contributed by atoms with E-state index >= 15 is 0 Å². The van der Waals surface area contributed by atoms with Crippen molar-refractivity contribution < 1.29 is 14.3 Å². The quantitative estimate of drug-likeness (QED) is 0.818. The Morgan fingerprint density at radius 1 is 1.50 bits per heavy atom. The van der Waals surface area contributed by atoms with E-state index in [9.17, 15) is 4.79 Å². The summed E-state index contributed by atoms with van der Waals surface area (Å²) in [5, 5.41) is 8.63. The molecule has 1 aromatic rings. The summed E-state index contributed by atoms with van der Waals surface area (Å²) >= 11 is 3.18. The summed E-state index contributed by atoms with van der Waals surface area (Å²) in [6.07, 6.45) is 4.10. The molecule has 0 fully saturated rings. The lowest BCUT2D eigenvalue weighted by molar-refractivity contribution is 0.0790. The number of hydrogen-bond acceptors (Lipinski definition) is 3. The second kappa shape index (κ2) is 6.70. The minimum absolute atomic E-state index is 0.0513. The highest BCUT2D eigenvalue weighted by Crippen LogP contribution is 2.19. The Morgan fingerprint density at radius 2 is 2.25 bits per heavy atom. The van der Waals surface area contributed by atoms with Crippen molar-refractivity contribution in [1.82, 2.24) is 4.90 Å². The molecule has 0 aliphatic heterocycles. The Balaban J connectivity index is 2.40. The first kappa shape index (κ1) is 13.3. The van der Waals surface area contributed by atoms with Crippen molar-refractivity contribution in [2.75, 3.05) is 20.2 Å². The van der Waals surface area contributed by atoms with Gasteiger partial charge in [-0.15, -0.1) is 0 Å². The van der Waals surface area contributed by atoms with Gasteiger partial charge in [0.1, 0.15) is 0 Å². The Labute approximate surface area is 103 Å². The predicted molar refractivity (Wildman–Crippen MR) is 64.3 cm³/mol. The Bertz CT molecular complexity index is 338. The highest BCUT2D eigenvalue weighted by molar-refractivity contribution is 9.10. The maximum Gasteiger partial charge on any atom is 0.258 e. The highest BCUT2D eigenvalue weighted by atomic mass is 79.9. The molecule has 0 aliphatic carbocycles.